The summed E-state index contributed by atoms with van der Waals surface area (Å²) in [5.41, 5.74) is 0.00783. The van der Waals surface area contributed by atoms with Crippen LogP contribution >= 0.6 is 0 Å². The van der Waals surface area contributed by atoms with Crippen LogP contribution in [0.5, 0.6) is 0 Å². The topological polar surface area (TPSA) is 59.2 Å². The van der Waals surface area contributed by atoms with Crippen molar-refractivity contribution in [3.8, 4) is 11.5 Å². The predicted octanol–water partition coefficient (Wildman–Crippen LogP) is 2.46. The maximum Gasteiger partial charge on any atom is 0.260 e. The monoisotopic (exact) mass is 240 g/mol. The Labute approximate surface area is 95.9 Å². The smallest absolute Gasteiger partial charge is 0.260 e. The van der Waals surface area contributed by atoms with Gasteiger partial charge in [-0.3, -0.25) is 0 Å². The van der Waals surface area contributed by atoms with Crippen LogP contribution in [0.15, 0.2) is 22.7 Å². The lowest BCUT2D eigenvalue weighted by molar-refractivity contribution is 0.159. The first kappa shape index (κ1) is 11.7. The predicted molar refractivity (Wildman–Crippen MR) is 54.9 cm³/mol. The van der Waals surface area contributed by atoms with E-state index in [4.69, 9.17) is 4.52 Å². The fraction of sp³-hybridized carbons (Fsp3) is 0.273. The summed E-state index contributed by atoms with van der Waals surface area (Å²) >= 11 is 0. The van der Waals surface area contributed by atoms with Crippen LogP contribution in [-0.4, -0.2) is 15.2 Å². The largest absolute Gasteiger partial charge is 0.385 e. The average Bonchev–Trinajstić information content (AvgIpc) is 2.77. The van der Waals surface area contributed by atoms with Crippen LogP contribution in [0, 0.1) is 11.6 Å². The van der Waals surface area contributed by atoms with Crippen molar-refractivity contribution >= 4 is 0 Å². The first-order chi connectivity index (χ1) is 8.11. The molecule has 90 valence electrons. The molecule has 4 nitrogen and oxygen atoms in total. The van der Waals surface area contributed by atoms with E-state index in [1.54, 1.807) is 6.92 Å². The Balaban J connectivity index is 2.37. The van der Waals surface area contributed by atoms with Gasteiger partial charge in [-0.15, -0.1) is 0 Å². The average molecular weight is 240 g/mol. The van der Waals surface area contributed by atoms with Crippen molar-refractivity contribution in [2.75, 3.05) is 0 Å². The molecule has 1 N–H and O–H groups in total. The van der Waals surface area contributed by atoms with Crippen LogP contribution < -0.4 is 0 Å². The van der Waals surface area contributed by atoms with Crippen molar-refractivity contribution in [3.63, 3.8) is 0 Å². The van der Waals surface area contributed by atoms with Gasteiger partial charge in [0, 0.05) is 6.07 Å². The van der Waals surface area contributed by atoms with Gasteiger partial charge in [0.15, 0.2) is 0 Å². The molecule has 0 saturated heterocycles. The first-order valence-electron chi connectivity index (χ1n) is 5.09. The first-order valence-corrected chi connectivity index (χ1v) is 5.09. The Kier molecular flexibility index (Phi) is 3.14. The number of benzene rings is 1. The van der Waals surface area contributed by atoms with Crippen LogP contribution in [0.2, 0.25) is 0 Å². The Morgan fingerprint density at radius 2 is 2.18 bits per heavy atom. The lowest BCUT2D eigenvalue weighted by Crippen LogP contribution is -1.97. The molecule has 1 heterocycles. The molecule has 0 radical (unpaired) electrons. The summed E-state index contributed by atoms with van der Waals surface area (Å²) in [5.74, 6) is -1.46. The molecule has 2 rings (SSSR count). The molecular formula is C11H10F2N2O2. The fourth-order valence-electron chi connectivity index (χ4n) is 1.33. The van der Waals surface area contributed by atoms with Crippen molar-refractivity contribution in [2.45, 2.75) is 19.4 Å². The SMILES string of the molecule is CCC(O)c1noc(-c2ccc(F)cc2F)n1. The number of hydrogen-bond acceptors (Lipinski definition) is 4. The van der Waals surface area contributed by atoms with E-state index in [2.05, 4.69) is 10.1 Å². The second-order valence-electron chi connectivity index (χ2n) is 3.51. The molecule has 1 aromatic heterocycles. The van der Waals surface area contributed by atoms with Gasteiger partial charge in [0.25, 0.3) is 5.89 Å². The van der Waals surface area contributed by atoms with Crippen molar-refractivity contribution in [3.05, 3.63) is 35.7 Å². The Morgan fingerprint density at radius 3 is 2.82 bits per heavy atom. The molecule has 0 aliphatic carbocycles. The Bertz CT molecular complexity index is 528. The number of rotatable bonds is 3. The van der Waals surface area contributed by atoms with Gasteiger partial charge in [-0.25, -0.2) is 8.78 Å². The molecule has 0 saturated carbocycles. The maximum absolute atomic E-state index is 13.4. The zero-order chi connectivity index (χ0) is 12.4. The third kappa shape index (κ3) is 2.31. The van der Waals surface area contributed by atoms with Gasteiger partial charge in [0.05, 0.1) is 5.56 Å². The number of aliphatic hydroxyl groups excluding tert-OH is 1. The van der Waals surface area contributed by atoms with Crippen molar-refractivity contribution in [1.29, 1.82) is 0 Å². The van der Waals surface area contributed by atoms with Crippen molar-refractivity contribution in [2.24, 2.45) is 0 Å². The number of hydrogen-bond donors (Lipinski definition) is 1. The molecule has 2 aromatic rings. The number of nitrogens with zero attached hydrogens (tertiary/aromatic N) is 2. The third-order valence-corrected chi connectivity index (χ3v) is 2.29. The molecule has 1 aromatic carbocycles. The van der Waals surface area contributed by atoms with E-state index in [0.29, 0.717) is 6.42 Å². The highest BCUT2D eigenvalue weighted by molar-refractivity contribution is 5.53. The molecule has 0 amide bonds. The quantitative estimate of drug-likeness (QED) is 0.895. The van der Waals surface area contributed by atoms with Gasteiger partial charge < -0.3 is 9.63 Å². The third-order valence-electron chi connectivity index (χ3n) is 2.29. The van der Waals surface area contributed by atoms with Gasteiger partial charge >= 0.3 is 0 Å². The molecule has 0 bridgehead atoms. The highest BCUT2D eigenvalue weighted by atomic mass is 19.1. The molecule has 0 aliphatic rings. The molecule has 17 heavy (non-hydrogen) atoms. The molecule has 1 unspecified atom stereocenters. The van der Waals surface area contributed by atoms with Crippen molar-refractivity contribution < 1.29 is 18.4 Å². The van der Waals surface area contributed by atoms with E-state index < -0.39 is 17.7 Å². The molecule has 0 aliphatic heterocycles. The summed E-state index contributed by atoms with van der Waals surface area (Å²) in [6.07, 6.45) is -0.429. The zero-order valence-electron chi connectivity index (χ0n) is 9.02. The standard InChI is InChI=1S/C11H10F2N2O2/c1-2-9(16)10-14-11(17-15-10)7-4-3-6(12)5-8(7)13/h3-5,9,16H,2H2,1H3. The van der Waals surface area contributed by atoms with Gasteiger partial charge in [0.1, 0.15) is 17.7 Å². The minimum atomic E-state index is -0.851. The number of aliphatic hydroxyl groups is 1. The number of aromatic nitrogens is 2. The van der Waals surface area contributed by atoms with Crippen LogP contribution in [0.25, 0.3) is 11.5 Å². The van der Waals surface area contributed by atoms with Gasteiger partial charge in [-0.2, -0.15) is 4.98 Å². The second-order valence-corrected chi connectivity index (χ2v) is 3.51. The van der Waals surface area contributed by atoms with E-state index in [1.807, 2.05) is 0 Å². The summed E-state index contributed by atoms with van der Waals surface area (Å²) in [6.45, 7) is 1.75. The normalized spacial score (nSPS) is 12.7. The highest BCUT2D eigenvalue weighted by Crippen LogP contribution is 2.23. The van der Waals surface area contributed by atoms with Gasteiger partial charge in [-0.1, -0.05) is 12.1 Å². The second kappa shape index (κ2) is 4.58. The minimum Gasteiger partial charge on any atom is -0.385 e. The minimum absolute atomic E-state index is 0.00783. The van der Waals surface area contributed by atoms with E-state index in [9.17, 15) is 13.9 Å². The van der Waals surface area contributed by atoms with Crippen molar-refractivity contribution in [1.82, 2.24) is 10.1 Å². The molecular weight excluding hydrogens is 230 g/mol. The maximum atomic E-state index is 13.4. The van der Waals surface area contributed by atoms with Crippen LogP contribution in [-0.2, 0) is 0 Å². The lowest BCUT2D eigenvalue weighted by atomic mass is 10.2. The Hall–Kier alpha value is -1.82. The molecule has 0 spiro atoms. The summed E-state index contributed by atoms with van der Waals surface area (Å²) in [5, 5.41) is 13.0. The van der Waals surface area contributed by atoms with Crippen LogP contribution in [0.1, 0.15) is 25.3 Å². The van der Waals surface area contributed by atoms with Crippen LogP contribution in [0.3, 0.4) is 0 Å². The summed E-state index contributed by atoms with van der Waals surface area (Å²) in [7, 11) is 0. The zero-order valence-corrected chi connectivity index (χ0v) is 9.02. The Morgan fingerprint density at radius 1 is 1.41 bits per heavy atom. The summed E-state index contributed by atoms with van der Waals surface area (Å²) in [4.78, 5) is 3.85. The van der Waals surface area contributed by atoms with E-state index in [1.165, 1.54) is 6.07 Å². The van der Waals surface area contributed by atoms with Gasteiger partial charge in [0.2, 0.25) is 5.82 Å². The summed E-state index contributed by atoms with van der Waals surface area (Å²) in [6, 6.07) is 3.04. The van der Waals surface area contributed by atoms with E-state index >= 15 is 0 Å². The van der Waals surface area contributed by atoms with E-state index in [-0.39, 0.29) is 17.3 Å². The molecule has 1 atom stereocenters. The summed E-state index contributed by atoms with van der Waals surface area (Å²) < 4.78 is 30.9. The van der Waals surface area contributed by atoms with Crippen LogP contribution in [0.4, 0.5) is 8.78 Å². The molecule has 0 fully saturated rings. The number of halogens is 2. The molecule has 6 heteroatoms. The lowest BCUT2D eigenvalue weighted by Gasteiger charge is -1.98. The fourth-order valence-corrected chi connectivity index (χ4v) is 1.33. The highest BCUT2D eigenvalue weighted by Gasteiger charge is 2.17. The van der Waals surface area contributed by atoms with Gasteiger partial charge in [-0.05, 0) is 18.6 Å². The van der Waals surface area contributed by atoms with E-state index in [0.717, 1.165) is 12.1 Å².